The fourth-order valence-electron chi connectivity index (χ4n) is 0.890. The van der Waals surface area contributed by atoms with Gasteiger partial charge in [-0.2, -0.15) is 0 Å². The second kappa shape index (κ2) is 3.83. The molecule has 0 aliphatic rings. The van der Waals surface area contributed by atoms with Gasteiger partial charge in [0.25, 0.3) is 0 Å². The summed E-state index contributed by atoms with van der Waals surface area (Å²) < 4.78 is 26.4. The molecule has 12 heavy (non-hydrogen) atoms. The highest BCUT2D eigenvalue weighted by Crippen LogP contribution is 2.10. The van der Waals surface area contributed by atoms with Crippen molar-refractivity contribution in [2.24, 2.45) is 0 Å². The summed E-state index contributed by atoms with van der Waals surface area (Å²) in [7, 11) is 1.64. The summed E-state index contributed by atoms with van der Waals surface area (Å²) in [4.78, 5) is 0. The first kappa shape index (κ1) is 9.42. The second-order valence-corrected chi connectivity index (χ2v) is 3.09. The smallest absolute Gasteiger partial charge is 0.159 e. The Kier molecular flexibility index (Phi) is 3.00. The molecule has 1 aromatic carbocycles. The molecule has 0 bridgehead atoms. The van der Waals surface area contributed by atoms with Crippen molar-refractivity contribution in [3.8, 4) is 0 Å². The Bertz CT molecular complexity index is 276. The molecule has 1 aromatic rings. The molecule has 0 aliphatic carbocycles. The van der Waals surface area contributed by atoms with Crippen LogP contribution in [0.15, 0.2) is 18.2 Å². The zero-order valence-electron chi connectivity index (χ0n) is 6.52. The lowest BCUT2D eigenvalue weighted by Gasteiger charge is -2.06. The highest BCUT2D eigenvalue weighted by molar-refractivity contribution is 6.13. The van der Waals surface area contributed by atoms with E-state index in [1.165, 1.54) is 10.5 Å². The molecule has 0 radical (unpaired) electrons. The van der Waals surface area contributed by atoms with Gasteiger partial charge in [0.1, 0.15) is 0 Å². The molecule has 0 aliphatic heterocycles. The fourth-order valence-corrected chi connectivity index (χ4v) is 1.03. The molecule has 0 unspecified atom stereocenters. The first-order valence-corrected chi connectivity index (χ1v) is 3.74. The number of nitrogens with zero attached hydrogens (tertiary/aromatic N) is 1. The lowest BCUT2D eigenvalue weighted by atomic mass is 10.2. The quantitative estimate of drug-likeness (QED) is 0.650. The fraction of sp³-hybridized carbons (Fsp3) is 0.250. The van der Waals surface area contributed by atoms with E-state index in [-0.39, 0.29) is 0 Å². The summed E-state index contributed by atoms with van der Waals surface area (Å²) in [6, 6.07) is 3.72. The molecule has 0 amide bonds. The predicted octanol–water partition coefficient (Wildman–Crippen LogP) is 2.55. The van der Waals surface area contributed by atoms with Crippen molar-refractivity contribution in [3.63, 3.8) is 0 Å². The van der Waals surface area contributed by atoms with E-state index in [0.29, 0.717) is 12.1 Å². The Labute approximate surface area is 74.7 Å². The van der Waals surface area contributed by atoms with Crippen molar-refractivity contribution in [2.75, 3.05) is 7.05 Å². The third-order valence-electron chi connectivity index (χ3n) is 1.38. The number of halogens is 3. The van der Waals surface area contributed by atoms with E-state index >= 15 is 0 Å². The van der Waals surface area contributed by atoms with Gasteiger partial charge >= 0.3 is 0 Å². The molecule has 0 spiro atoms. The number of hydrogen-bond acceptors (Lipinski definition) is 1. The molecule has 0 saturated carbocycles. The van der Waals surface area contributed by atoms with Crippen LogP contribution in [0.5, 0.6) is 0 Å². The van der Waals surface area contributed by atoms with Gasteiger partial charge in [0.15, 0.2) is 11.6 Å². The van der Waals surface area contributed by atoms with Gasteiger partial charge in [-0.15, -0.1) is 0 Å². The normalized spacial score (nSPS) is 10.8. The summed E-state index contributed by atoms with van der Waals surface area (Å²) in [5.74, 6) is -1.68. The van der Waals surface area contributed by atoms with Crippen LogP contribution in [0, 0.1) is 11.6 Å². The molecule has 66 valence electrons. The van der Waals surface area contributed by atoms with Crippen LogP contribution in [0.2, 0.25) is 0 Å². The Morgan fingerprint density at radius 1 is 1.33 bits per heavy atom. The summed E-state index contributed by atoms with van der Waals surface area (Å²) in [5.41, 5.74) is 0.645. The van der Waals surface area contributed by atoms with Gasteiger partial charge in [0, 0.05) is 13.6 Å². The van der Waals surface area contributed by atoms with Crippen LogP contribution in [0.3, 0.4) is 0 Å². The minimum absolute atomic E-state index is 0.388. The van der Waals surface area contributed by atoms with Gasteiger partial charge in [0.05, 0.1) is 0 Å². The van der Waals surface area contributed by atoms with Crippen molar-refractivity contribution in [2.45, 2.75) is 6.54 Å². The first-order chi connectivity index (χ1) is 5.59. The molecule has 0 saturated heterocycles. The van der Waals surface area contributed by atoms with E-state index in [0.717, 1.165) is 12.1 Å². The molecule has 0 N–H and O–H groups in total. The summed E-state index contributed by atoms with van der Waals surface area (Å²) in [6.07, 6.45) is 0. The minimum atomic E-state index is -0.842. The molecule has 1 nitrogen and oxygen atoms in total. The van der Waals surface area contributed by atoms with Gasteiger partial charge < -0.3 is 0 Å². The second-order valence-electron chi connectivity index (χ2n) is 2.51. The van der Waals surface area contributed by atoms with Crippen LogP contribution in [-0.2, 0) is 6.54 Å². The minimum Gasteiger partial charge on any atom is -0.219 e. The Balaban J connectivity index is 2.82. The molecular weight excluding hydrogens is 184 g/mol. The van der Waals surface area contributed by atoms with Gasteiger partial charge in [-0.1, -0.05) is 6.07 Å². The molecule has 1 rings (SSSR count). The van der Waals surface area contributed by atoms with E-state index in [2.05, 4.69) is 0 Å². The number of hydrogen-bond donors (Lipinski definition) is 0. The number of benzene rings is 1. The van der Waals surface area contributed by atoms with E-state index in [9.17, 15) is 8.78 Å². The van der Waals surface area contributed by atoms with Crippen molar-refractivity contribution in [3.05, 3.63) is 35.4 Å². The van der Waals surface area contributed by atoms with Crippen LogP contribution < -0.4 is 0 Å². The summed E-state index contributed by atoms with van der Waals surface area (Å²) in [5, 5.41) is 0. The van der Waals surface area contributed by atoms with Crippen LogP contribution in [0.1, 0.15) is 5.56 Å². The molecular formula is C8H8ClF2N. The molecule has 0 atom stereocenters. The van der Waals surface area contributed by atoms with Crippen LogP contribution in [0.25, 0.3) is 0 Å². The standard InChI is InChI=1S/C8H8ClF2N/c1-12(9)5-6-2-3-7(10)8(11)4-6/h2-4H,5H2,1H3. The average molecular weight is 192 g/mol. The number of rotatable bonds is 2. The van der Waals surface area contributed by atoms with Crippen molar-refractivity contribution in [1.82, 2.24) is 4.42 Å². The zero-order chi connectivity index (χ0) is 9.14. The molecule has 0 heterocycles. The molecule has 0 fully saturated rings. The van der Waals surface area contributed by atoms with Crippen LogP contribution >= 0.6 is 11.8 Å². The van der Waals surface area contributed by atoms with Gasteiger partial charge in [0.2, 0.25) is 0 Å². The largest absolute Gasteiger partial charge is 0.219 e. The monoisotopic (exact) mass is 191 g/mol. The highest BCUT2D eigenvalue weighted by Gasteiger charge is 2.03. The van der Waals surface area contributed by atoms with Crippen molar-refractivity contribution >= 4 is 11.8 Å². The Morgan fingerprint density at radius 3 is 2.50 bits per heavy atom. The van der Waals surface area contributed by atoms with Crippen LogP contribution in [0.4, 0.5) is 8.78 Å². The maximum absolute atomic E-state index is 12.6. The Morgan fingerprint density at radius 2 is 2.00 bits per heavy atom. The zero-order valence-corrected chi connectivity index (χ0v) is 7.28. The van der Waals surface area contributed by atoms with Crippen molar-refractivity contribution in [1.29, 1.82) is 0 Å². The molecule has 4 heteroatoms. The summed E-state index contributed by atoms with van der Waals surface area (Å²) in [6.45, 7) is 0.388. The van der Waals surface area contributed by atoms with Gasteiger partial charge in [-0.25, -0.2) is 13.2 Å². The third kappa shape index (κ3) is 2.43. The van der Waals surface area contributed by atoms with Crippen LogP contribution in [-0.4, -0.2) is 11.5 Å². The maximum Gasteiger partial charge on any atom is 0.159 e. The van der Waals surface area contributed by atoms with E-state index < -0.39 is 11.6 Å². The van der Waals surface area contributed by atoms with Crippen molar-refractivity contribution < 1.29 is 8.78 Å². The average Bonchev–Trinajstić information content (AvgIpc) is 1.96. The third-order valence-corrected chi connectivity index (χ3v) is 1.50. The molecule has 0 aromatic heterocycles. The highest BCUT2D eigenvalue weighted by atomic mass is 35.5. The topological polar surface area (TPSA) is 3.24 Å². The van der Waals surface area contributed by atoms with E-state index in [1.807, 2.05) is 0 Å². The Hall–Kier alpha value is -0.670. The van der Waals surface area contributed by atoms with Gasteiger partial charge in [-0.3, -0.25) is 0 Å². The lowest BCUT2D eigenvalue weighted by molar-refractivity contribution is 0.499. The van der Waals surface area contributed by atoms with Gasteiger partial charge in [-0.05, 0) is 29.5 Å². The maximum atomic E-state index is 12.6. The first-order valence-electron chi connectivity index (χ1n) is 3.40. The SMILES string of the molecule is CN(Cl)Cc1ccc(F)c(F)c1. The summed E-state index contributed by atoms with van der Waals surface area (Å²) >= 11 is 5.52. The van der Waals surface area contributed by atoms with E-state index in [4.69, 9.17) is 11.8 Å². The van der Waals surface area contributed by atoms with E-state index in [1.54, 1.807) is 7.05 Å². The lowest BCUT2D eigenvalue weighted by Crippen LogP contribution is -2.04. The predicted molar refractivity (Wildman–Crippen MR) is 43.7 cm³/mol.